The van der Waals surface area contributed by atoms with Gasteiger partial charge in [0.1, 0.15) is 0 Å². The Labute approximate surface area is 150 Å². The lowest BCUT2D eigenvalue weighted by molar-refractivity contribution is 0.381. The van der Waals surface area contributed by atoms with E-state index < -0.39 is 0 Å². The number of ether oxygens (including phenoxy) is 1. The van der Waals surface area contributed by atoms with E-state index in [2.05, 4.69) is 91.0 Å². The largest absolute Gasteiger partial charge is 0.373 e. The van der Waals surface area contributed by atoms with Crippen LogP contribution in [-0.2, 0) is 10.2 Å². The van der Waals surface area contributed by atoms with Crippen LogP contribution in [0.2, 0.25) is 0 Å². The second kappa shape index (κ2) is 7.25. The Bertz CT molecular complexity index is 679. The van der Waals surface area contributed by atoms with E-state index in [0.29, 0.717) is 6.10 Å². The number of epoxide rings is 1. The first kappa shape index (κ1) is 16.1. The molecule has 1 saturated heterocycles. The van der Waals surface area contributed by atoms with Crippen LogP contribution in [0.25, 0.3) is 0 Å². The number of rotatable bonds is 7. The molecular formula is C24H24O. The van der Waals surface area contributed by atoms with Gasteiger partial charge in [-0.3, -0.25) is 0 Å². The van der Waals surface area contributed by atoms with E-state index in [1.165, 1.54) is 16.7 Å². The highest BCUT2D eigenvalue weighted by Crippen LogP contribution is 2.43. The van der Waals surface area contributed by atoms with Crippen LogP contribution in [-0.4, -0.2) is 12.7 Å². The van der Waals surface area contributed by atoms with Crippen molar-refractivity contribution in [3.8, 4) is 0 Å². The summed E-state index contributed by atoms with van der Waals surface area (Å²) in [5.74, 6) is 0. The SMILES string of the molecule is c1ccc(C(CCCC2CO2)(c2ccccc2)c2ccccc2)cc1. The molecule has 3 aromatic carbocycles. The van der Waals surface area contributed by atoms with Crippen molar-refractivity contribution in [2.24, 2.45) is 0 Å². The molecule has 4 rings (SSSR count). The third kappa shape index (κ3) is 3.38. The van der Waals surface area contributed by atoms with E-state index in [9.17, 15) is 0 Å². The molecular weight excluding hydrogens is 304 g/mol. The van der Waals surface area contributed by atoms with Crippen molar-refractivity contribution in [1.29, 1.82) is 0 Å². The highest BCUT2D eigenvalue weighted by molar-refractivity contribution is 5.50. The molecule has 1 aliphatic heterocycles. The Kier molecular flexibility index (Phi) is 4.67. The van der Waals surface area contributed by atoms with E-state index in [1.54, 1.807) is 0 Å². The van der Waals surface area contributed by atoms with Gasteiger partial charge in [0.25, 0.3) is 0 Å². The minimum absolute atomic E-state index is 0.112. The molecule has 25 heavy (non-hydrogen) atoms. The first-order valence-electron chi connectivity index (χ1n) is 9.18. The van der Waals surface area contributed by atoms with Gasteiger partial charge >= 0.3 is 0 Å². The van der Waals surface area contributed by atoms with Gasteiger partial charge in [-0.25, -0.2) is 0 Å². The van der Waals surface area contributed by atoms with Crippen molar-refractivity contribution in [2.45, 2.75) is 30.8 Å². The van der Waals surface area contributed by atoms with Gasteiger partial charge < -0.3 is 4.74 Å². The second-order valence-corrected chi connectivity index (χ2v) is 6.85. The predicted octanol–water partition coefficient (Wildman–Crippen LogP) is 5.59. The van der Waals surface area contributed by atoms with Gasteiger partial charge in [0.2, 0.25) is 0 Å². The molecule has 1 atom stereocenters. The van der Waals surface area contributed by atoms with Crippen molar-refractivity contribution in [3.63, 3.8) is 0 Å². The molecule has 1 aliphatic rings. The van der Waals surface area contributed by atoms with Gasteiger partial charge in [0, 0.05) is 5.41 Å². The summed E-state index contributed by atoms with van der Waals surface area (Å²) in [4.78, 5) is 0. The Morgan fingerprint density at radius 2 is 1.08 bits per heavy atom. The summed E-state index contributed by atoms with van der Waals surface area (Å²) in [7, 11) is 0. The second-order valence-electron chi connectivity index (χ2n) is 6.85. The van der Waals surface area contributed by atoms with Crippen LogP contribution in [0, 0.1) is 0 Å². The fraction of sp³-hybridized carbons (Fsp3) is 0.250. The lowest BCUT2D eigenvalue weighted by atomic mass is 9.66. The zero-order chi connectivity index (χ0) is 17.0. The van der Waals surface area contributed by atoms with E-state index in [-0.39, 0.29) is 5.41 Å². The van der Waals surface area contributed by atoms with E-state index in [1.807, 2.05) is 0 Å². The molecule has 1 nitrogen and oxygen atoms in total. The maximum absolute atomic E-state index is 5.44. The molecule has 0 saturated carbocycles. The normalized spacial score (nSPS) is 16.6. The Morgan fingerprint density at radius 1 is 0.680 bits per heavy atom. The lowest BCUT2D eigenvalue weighted by Gasteiger charge is -2.36. The summed E-state index contributed by atoms with van der Waals surface area (Å²) in [6.45, 7) is 0.939. The Balaban J connectivity index is 1.84. The van der Waals surface area contributed by atoms with Crippen LogP contribution >= 0.6 is 0 Å². The van der Waals surface area contributed by atoms with Gasteiger partial charge in [-0.2, -0.15) is 0 Å². The molecule has 1 fully saturated rings. The van der Waals surface area contributed by atoms with Gasteiger partial charge in [-0.05, 0) is 36.0 Å². The minimum Gasteiger partial charge on any atom is -0.373 e. The Hall–Kier alpha value is -2.38. The van der Waals surface area contributed by atoms with Crippen LogP contribution < -0.4 is 0 Å². The standard InChI is InChI=1S/C24H24O/c1-4-11-20(12-5-1)24(18-10-17-23-19-25-23,21-13-6-2-7-14-21)22-15-8-3-9-16-22/h1-9,11-16,23H,10,17-19H2. The van der Waals surface area contributed by atoms with Gasteiger partial charge in [-0.15, -0.1) is 0 Å². The average Bonchev–Trinajstić information content (AvgIpc) is 3.52. The molecule has 0 aliphatic carbocycles. The highest BCUT2D eigenvalue weighted by Gasteiger charge is 2.36. The van der Waals surface area contributed by atoms with Crippen molar-refractivity contribution < 1.29 is 4.74 Å². The zero-order valence-corrected chi connectivity index (χ0v) is 14.5. The fourth-order valence-corrected chi connectivity index (χ4v) is 3.93. The summed E-state index contributed by atoms with van der Waals surface area (Å²) in [6, 6.07) is 32.8. The molecule has 0 spiro atoms. The molecule has 3 aromatic rings. The van der Waals surface area contributed by atoms with Crippen molar-refractivity contribution in [1.82, 2.24) is 0 Å². The monoisotopic (exact) mass is 328 g/mol. The molecule has 0 amide bonds. The fourth-order valence-electron chi connectivity index (χ4n) is 3.93. The maximum Gasteiger partial charge on any atom is 0.0810 e. The quantitative estimate of drug-likeness (QED) is 0.407. The zero-order valence-electron chi connectivity index (χ0n) is 14.5. The third-order valence-electron chi connectivity index (χ3n) is 5.28. The molecule has 1 heterocycles. The number of hydrogen-bond donors (Lipinski definition) is 0. The topological polar surface area (TPSA) is 12.5 Å². The molecule has 1 unspecified atom stereocenters. The summed E-state index contributed by atoms with van der Waals surface area (Å²) in [5.41, 5.74) is 3.98. The maximum atomic E-state index is 5.44. The van der Waals surface area contributed by atoms with Crippen LogP contribution in [0.4, 0.5) is 0 Å². The predicted molar refractivity (Wildman–Crippen MR) is 103 cm³/mol. The van der Waals surface area contributed by atoms with Crippen molar-refractivity contribution in [3.05, 3.63) is 108 Å². The van der Waals surface area contributed by atoms with Gasteiger partial charge in [-0.1, -0.05) is 91.0 Å². The molecule has 0 bridgehead atoms. The summed E-state index contributed by atoms with van der Waals surface area (Å²) in [6.07, 6.45) is 3.88. The van der Waals surface area contributed by atoms with Crippen molar-refractivity contribution in [2.75, 3.05) is 6.61 Å². The molecule has 0 N–H and O–H groups in total. The summed E-state index contributed by atoms with van der Waals surface area (Å²) >= 11 is 0. The van der Waals surface area contributed by atoms with Crippen LogP contribution in [0.15, 0.2) is 91.0 Å². The van der Waals surface area contributed by atoms with Gasteiger partial charge in [0.05, 0.1) is 12.7 Å². The first-order chi connectivity index (χ1) is 12.4. The molecule has 126 valence electrons. The highest BCUT2D eigenvalue weighted by atomic mass is 16.6. The summed E-state index contributed by atoms with van der Waals surface area (Å²) < 4.78 is 5.44. The first-order valence-corrected chi connectivity index (χ1v) is 9.18. The van der Waals surface area contributed by atoms with E-state index in [0.717, 1.165) is 25.9 Å². The van der Waals surface area contributed by atoms with Crippen LogP contribution in [0.3, 0.4) is 0 Å². The summed E-state index contributed by atoms with van der Waals surface area (Å²) in [5, 5.41) is 0. The minimum atomic E-state index is -0.112. The smallest absolute Gasteiger partial charge is 0.0810 e. The van der Waals surface area contributed by atoms with E-state index >= 15 is 0 Å². The van der Waals surface area contributed by atoms with Crippen LogP contribution in [0.1, 0.15) is 36.0 Å². The molecule has 1 heteroatoms. The molecule has 0 radical (unpaired) electrons. The average molecular weight is 328 g/mol. The van der Waals surface area contributed by atoms with E-state index in [4.69, 9.17) is 4.74 Å². The van der Waals surface area contributed by atoms with Crippen molar-refractivity contribution >= 4 is 0 Å². The lowest BCUT2D eigenvalue weighted by Crippen LogP contribution is -2.29. The third-order valence-corrected chi connectivity index (χ3v) is 5.28. The number of hydrogen-bond acceptors (Lipinski definition) is 1. The van der Waals surface area contributed by atoms with Gasteiger partial charge in [0.15, 0.2) is 0 Å². The van der Waals surface area contributed by atoms with Crippen LogP contribution in [0.5, 0.6) is 0 Å². The number of benzene rings is 3. The Morgan fingerprint density at radius 3 is 1.44 bits per heavy atom. The molecule has 0 aromatic heterocycles.